The lowest BCUT2D eigenvalue weighted by molar-refractivity contribution is -0.114. The van der Waals surface area contributed by atoms with E-state index in [0.29, 0.717) is 17.1 Å². The summed E-state index contributed by atoms with van der Waals surface area (Å²) >= 11 is 0. The second-order valence-corrected chi connectivity index (χ2v) is 12.4. The fourth-order valence-corrected chi connectivity index (χ4v) is 5.92. The molecule has 0 fully saturated rings. The number of rotatable bonds is 8. The van der Waals surface area contributed by atoms with Gasteiger partial charge in [0.15, 0.2) is 0 Å². The number of nitrogens with zero attached hydrogens (tertiary/aromatic N) is 1. The maximum absolute atomic E-state index is 13.0. The van der Waals surface area contributed by atoms with Crippen molar-refractivity contribution in [1.82, 2.24) is 0 Å². The summed E-state index contributed by atoms with van der Waals surface area (Å²) < 4.78 is 54.5. The lowest BCUT2D eigenvalue weighted by atomic mass is 10.1. The molecule has 0 saturated heterocycles. The number of carbonyl (C=O) groups is 1. The van der Waals surface area contributed by atoms with E-state index in [1.807, 2.05) is 43.3 Å². The quantitative estimate of drug-likeness (QED) is 0.339. The molecule has 0 aliphatic carbocycles. The Balaban J connectivity index is 1.50. The van der Waals surface area contributed by atoms with Gasteiger partial charge in [-0.2, -0.15) is 0 Å². The van der Waals surface area contributed by atoms with E-state index in [0.717, 1.165) is 32.5 Å². The number of nitrogens with one attached hydrogen (secondary N) is 2. The van der Waals surface area contributed by atoms with Crippen molar-refractivity contribution < 1.29 is 21.6 Å². The van der Waals surface area contributed by atoms with Gasteiger partial charge < -0.3 is 5.32 Å². The van der Waals surface area contributed by atoms with Gasteiger partial charge in [-0.15, -0.1) is 0 Å². The van der Waals surface area contributed by atoms with E-state index in [1.165, 1.54) is 24.3 Å². The van der Waals surface area contributed by atoms with Crippen molar-refractivity contribution >= 4 is 53.8 Å². The summed E-state index contributed by atoms with van der Waals surface area (Å²) in [5.74, 6) is -0.559. The average molecular weight is 538 g/mol. The summed E-state index contributed by atoms with van der Waals surface area (Å²) in [7, 11) is -7.61. The van der Waals surface area contributed by atoms with Crippen LogP contribution in [0.25, 0.3) is 10.8 Å². The number of benzene rings is 4. The molecule has 0 bridgehead atoms. The number of hydrogen-bond acceptors (Lipinski definition) is 5. The van der Waals surface area contributed by atoms with Crippen molar-refractivity contribution in [3.8, 4) is 0 Å². The number of fused-ring (bicyclic) bond motifs is 1. The molecule has 1 amide bonds. The fraction of sp³-hybridized carbons (Fsp3) is 0.148. The largest absolute Gasteiger partial charge is 0.325 e. The Kier molecular flexibility index (Phi) is 7.24. The lowest BCUT2D eigenvalue weighted by Crippen LogP contribution is -2.37. The molecule has 37 heavy (non-hydrogen) atoms. The van der Waals surface area contributed by atoms with Crippen LogP contribution < -0.4 is 14.3 Å². The van der Waals surface area contributed by atoms with Crippen LogP contribution in [0.2, 0.25) is 0 Å². The molecule has 4 rings (SSSR count). The van der Waals surface area contributed by atoms with Gasteiger partial charge in [-0.3, -0.25) is 13.8 Å². The van der Waals surface area contributed by atoms with Crippen LogP contribution >= 0.6 is 0 Å². The number of carbonyl (C=O) groups excluding carboxylic acids is 1. The van der Waals surface area contributed by atoms with E-state index in [9.17, 15) is 21.6 Å². The summed E-state index contributed by atoms with van der Waals surface area (Å²) in [4.78, 5) is 12.8. The highest BCUT2D eigenvalue weighted by Crippen LogP contribution is 2.27. The van der Waals surface area contributed by atoms with E-state index in [-0.39, 0.29) is 4.90 Å². The Morgan fingerprint density at radius 3 is 2.22 bits per heavy atom. The van der Waals surface area contributed by atoms with Crippen LogP contribution in [-0.4, -0.2) is 35.5 Å². The summed E-state index contributed by atoms with van der Waals surface area (Å²) in [5, 5.41) is 4.32. The topological polar surface area (TPSA) is 113 Å². The fourth-order valence-electron chi connectivity index (χ4n) is 3.94. The predicted molar refractivity (Wildman–Crippen MR) is 148 cm³/mol. The summed E-state index contributed by atoms with van der Waals surface area (Å²) in [6, 6.07) is 23.9. The highest BCUT2D eigenvalue weighted by atomic mass is 32.2. The van der Waals surface area contributed by atoms with Gasteiger partial charge in [0.25, 0.3) is 10.0 Å². The van der Waals surface area contributed by atoms with Crippen LogP contribution in [0.4, 0.5) is 17.1 Å². The number of sulfonamides is 2. The molecular weight excluding hydrogens is 510 g/mol. The van der Waals surface area contributed by atoms with Gasteiger partial charge in [-0.05, 0) is 66.8 Å². The SMILES string of the molecule is Cc1ccc(C)c(N(CC(=O)Nc2ccc(S(=O)(=O)Nc3cccc4ccccc34)cc2)S(C)(=O)=O)c1. The first-order valence-corrected chi connectivity index (χ1v) is 14.7. The molecule has 4 aromatic carbocycles. The normalized spacial score (nSPS) is 11.8. The van der Waals surface area contributed by atoms with Crippen molar-refractivity contribution in [3.63, 3.8) is 0 Å². The van der Waals surface area contributed by atoms with E-state index in [2.05, 4.69) is 10.0 Å². The monoisotopic (exact) mass is 537 g/mol. The Morgan fingerprint density at radius 2 is 1.51 bits per heavy atom. The molecule has 0 aliphatic rings. The maximum atomic E-state index is 13.0. The van der Waals surface area contributed by atoms with Crippen molar-refractivity contribution in [2.24, 2.45) is 0 Å². The average Bonchev–Trinajstić information content (AvgIpc) is 2.84. The van der Waals surface area contributed by atoms with Gasteiger partial charge in [-0.25, -0.2) is 16.8 Å². The number of aryl methyl sites for hydroxylation is 2. The van der Waals surface area contributed by atoms with E-state index >= 15 is 0 Å². The molecule has 192 valence electrons. The third-order valence-electron chi connectivity index (χ3n) is 5.80. The molecule has 0 radical (unpaired) electrons. The number of amides is 1. The molecule has 0 saturated carbocycles. The maximum Gasteiger partial charge on any atom is 0.261 e. The van der Waals surface area contributed by atoms with Crippen LogP contribution in [0.5, 0.6) is 0 Å². The van der Waals surface area contributed by atoms with Crippen molar-refractivity contribution in [3.05, 3.63) is 96.1 Å². The van der Waals surface area contributed by atoms with Crippen LogP contribution in [-0.2, 0) is 24.8 Å². The minimum atomic E-state index is -3.88. The summed E-state index contributed by atoms with van der Waals surface area (Å²) in [6.07, 6.45) is 1.05. The third-order valence-corrected chi connectivity index (χ3v) is 8.31. The van der Waals surface area contributed by atoms with Crippen LogP contribution in [0.3, 0.4) is 0 Å². The Labute approximate surface area is 217 Å². The minimum Gasteiger partial charge on any atom is -0.325 e. The van der Waals surface area contributed by atoms with Crippen LogP contribution in [0.1, 0.15) is 11.1 Å². The highest BCUT2D eigenvalue weighted by Gasteiger charge is 2.23. The molecule has 0 atom stereocenters. The zero-order chi connectivity index (χ0) is 26.8. The van der Waals surface area contributed by atoms with Gasteiger partial charge >= 0.3 is 0 Å². The number of hydrogen-bond donors (Lipinski definition) is 2. The first-order valence-electron chi connectivity index (χ1n) is 11.4. The Bertz CT molecular complexity index is 1680. The smallest absolute Gasteiger partial charge is 0.261 e. The van der Waals surface area contributed by atoms with Crippen LogP contribution in [0, 0.1) is 13.8 Å². The number of anilines is 3. The molecule has 0 unspecified atom stereocenters. The molecule has 0 heterocycles. The molecule has 4 aromatic rings. The van der Waals surface area contributed by atoms with E-state index in [4.69, 9.17) is 0 Å². The molecule has 8 nitrogen and oxygen atoms in total. The Morgan fingerprint density at radius 1 is 0.838 bits per heavy atom. The zero-order valence-electron chi connectivity index (χ0n) is 20.6. The summed E-state index contributed by atoms with van der Waals surface area (Å²) in [6.45, 7) is 3.19. The molecule has 0 aliphatic heterocycles. The van der Waals surface area contributed by atoms with Crippen molar-refractivity contribution in [2.75, 3.05) is 27.1 Å². The van der Waals surface area contributed by atoms with Crippen LogP contribution in [0.15, 0.2) is 89.8 Å². The predicted octanol–water partition coefficient (Wildman–Crippen LogP) is 4.66. The molecule has 10 heteroatoms. The van der Waals surface area contributed by atoms with Gasteiger partial charge in [0.1, 0.15) is 6.54 Å². The zero-order valence-corrected chi connectivity index (χ0v) is 22.2. The van der Waals surface area contributed by atoms with Gasteiger partial charge in [0, 0.05) is 11.1 Å². The van der Waals surface area contributed by atoms with Gasteiger partial charge in [-0.1, -0.05) is 48.5 Å². The first kappa shape index (κ1) is 26.2. The standard InChI is InChI=1S/C27H27N3O5S2/c1-19-11-12-20(2)26(17-19)30(36(3,32)33)18-27(31)28-22-13-15-23(16-14-22)37(34,35)29-25-10-6-8-21-7-4-5-9-24(21)25/h4-17,29H,18H2,1-3H3,(H,28,31). The minimum absolute atomic E-state index is 0.0200. The van der Waals surface area contributed by atoms with E-state index < -0.39 is 32.5 Å². The lowest BCUT2D eigenvalue weighted by Gasteiger charge is -2.24. The Hall–Kier alpha value is -3.89. The second-order valence-electron chi connectivity index (χ2n) is 8.76. The van der Waals surface area contributed by atoms with E-state index in [1.54, 1.807) is 31.2 Å². The van der Waals surface area contributed by atoms with Gasteiger partial charge in [0.2, 0.25) is 15.9 Å². The second kappa shape index (κ2) is 10.2. The van der Waals surface area contributed by atoms with Crippen molar-refractivity contribution in [2.45, 2.75) is 18.7 Å². The van der Waals surface area contributed by atoms with Crippen molar-refractivity contribution in [1.29, 1.82) is 0 Å². The molecule has 0 spiro atoms. The molecule has 2 N–H and O–H groups in total. The highest BCUT2D eigenvalue weighted by molar-refractivity contribution is 7.92. The third kappa shape index (κ3) is 6.10. The first-order chi connectivity index (χ1) is 17.4. The summed E-state index contributed by atoms with van der Waals surface area (Å²) in [5.41, 5.74) is 2.81. The molecule has 0 aromatic heterocycles. The van der Waals surface area contributed by atoms with Gasteiger partial charge in [0.05, 0.1) is 22.5 Å². The molecular formula is C27H27N3O5S2.